The summed E-state index contributed by atoms with van der Waals surface area (Å²) in [5.74, 6) is 1.66. The van der Waals surface area contributed by atoms with E-state index in [2.05, 4.69) is 20.3 Å². The van der Waals surface area contributed by atoms with Gasteiger partial charge in [-0.3, -0.25) is 9.78 Å². The first kappa shape index (κ1) is 37.5. The molecule has 1 amide bonds. The highest BCUT2D eigenvalue weighted by Crippen LogP contribution is 2.38. The number of amides is 1. The minimum absolute atomic E-state index is 0.0777. The molecule has 12 nitrogen and oxygen atoms in total. The zero-order valence-electron chi connectivity index (χ0n) is 29.2. The minimum atomic E-state index is -4.72. The second kappa shape index (κ2) is 16.2. The van der Waals surface area contributed by atoms with E-state index in [1.54, 1.807) is 18.2 Å². The highest BCUT2D eigenvalue weighted by molar-refractivity contribution is 6.50. The number of carbonyl (C=O) groups excluding carboxylic acids is 3. The standard InChI is InChI=1S/C38H34F4N6O6/c1-46-30(22-49)36(45-48(35(46)23-50)26-9-6-8-24(18-26)38(40,41)42)37(51)44-25-10-11-32(28(39)19-25)54-31-12-13-43-29-21-34(33(52-2)20-27(29)31)53-17-7-16-47-14-4-3-5-15-47/h6,8-13,18-21H,3-5,7,14-17H2,1-2H3,(H,44,51). The zero-order valence-corrected chi connectivity index (χ0v) is 29.2. The van der Waals surface area contributed by atoms with Gasteiger partial charge in [0.1, 0.15) is 5.75 Å². The SMILES string of the molecule is COc1cc2c(Oc3ccc(NC(=O)C4=NN(c5cccc(C(F)(F)F)c5)C(=C=O)N(C)C4=C=O)cc3F)ccnc2cc1OCCCN1CCCCC1. The molecule has 1 saturated heterocycles. The summed E-state index contributed by atoms with van der Waals surface area (Å²) in [7, 11) is 2.72. The number of alkyl halides is 3. The Kier molecular flexibility index (Phi) is 11.3. The van der Waals surface area contributed by atoms with E-state index in [0.717, 1.165) is 54.2 Å². The third kappa shape index (κ3) is 8.21. The van der Waals surface area contributed by atoms with E-state index in [0.29, 0.717) is 35.1 Å². The monoisotopic (exact) mass is 746 g/mol. The van der Waals surface area contributed by atoms with E-state index < -0.39 is 40.7 Å². The van der Waals surface area contributed by atoms with Gasteiger partial charge in [-0.1, -0.05) is 12.5 Å². The molecule has 3 aromatic carbocycles. The van der Waals surface area contributed by atoms with Crippen molar-refractivity contribution in [3.05, 3.63) is 89.8 Å². The molecule has 280 valence electrons. The Labute approximate surface area is 306 Å². The van der Waals surface area contributed by atoms with Gasteiger partial charge in [0, 0.05) is 43.0 Å². The van der Waals surface area contributed by atoms with Crippen LogP contribution in [-0.4, -0.2) is 78.7 Å². The van der Waals surface area contributed by atoms with Gasteiger partial charge < -0.3 is 29.3 Å². The normalized spacial score (nSPS) is 15.0. The summed E-state index contributed by atoms with van der Waals surface area (Å²) in [5.41, 5.74) is -1.98. The lowest BCUT2D eigenvalue weighted by Gasteiger charge is -2.32. The predicted octanol–water partition coefficient (Wildman–Crippen LogP) is 6.58. The molecule has 0 atom stereocenters. The summed E-state index contributed by atoms with van der Waals surface area (Å²) >= 11 is 0. The summed E-state index contributed by atoms with van der Waals surface area (Å²) in [4.78, 5) is 44.9. The molecule has 0 unspecified atom stereocenters. The lowest BCUT2D eigenvalue weighted by Crippen LogP contribution is -2.43. The average Bonchev–Trinajstić information content (AvgIpc) is 3.17. The largest absolute Gasteiger partial charge is 0.493 e. The van der Waals surface area contributed by atoms with Crippen LogP contribution in [0.25, 0.3) is 10.9 Å². The zero-order chi connectivity index (χ0) is 38.4. The molecule has 1 N–H and O–H groups in total. The van der Waals surface area contributed by atoms with Crippen LogP contribution < -0.4 is 24.5 Å². The fourth-order valence-corrected chi connectivity index (χ4v) is 6.09. The van der Waals surface area contributed by atoms with Gasteiger partial charge in [0.05, 0.1) is 30.5 Å². The van der Waals surface area contributed by atoms with Crippen LogP contribution in [0.5, 0.6) is 23.0 Å². The first-order valence-electron chi connectivity index (χ1n) is 16.9. The van der Waals surface area contributed by atoms with Crippen molar-refractivity contribution < 1.29 is 46.2 Å². The maximum absolute atomic E-state index is 15.5. The van der Waals surface area contributed by atoms with Gasteiger partial charge in [0.25, 0.3) is 5.91 Å². The van der Waals surface area contributed by atoms with Crippen LogP contribution in [-0.2, 0) is 20.6 Å². The van der Waals surface area contributed by atoms with Crippen molar-refractivity contribution in [1.29, 1.82) is 0 Å². The lowest BCUT2D eigenvalue weighted by atomic mass is 10.1. The van der Waals surface area contributed by atoms with Crippen molar-refractivity contribution in [3.63, 3.8) is 0 Å². The van der Waals surface area contributed by atoms with Gasteiger partial charge in [-0.05, 0) is 74.8 Å². The highest BCUT2D eigenvalue weighted by Gasteiger charge is 2.36. The number of hydrogen-bond donors (Lipinski definition) is 1. The Hall–Kier alpha value is -6.21. The molecule has 1 fully saturated rings. The minimum Gasteiger partial charge on any atom is -0.493 e. The summed E-state index contributed by atoms with van der Waals surface area (Å²) < 4.78 is 73.3. The molecular weight excluding hydrogens is 712 g/mol. The number of halogens is 4. The van der Waals surface area contributed by atoms with Crippen molar-refractivity contribution in [2.75, 3.05) is 50.7 Å². The van der Waals surface area contributed by atoms with Crippen molar-refractivity contribution in [3.8, 4) is 23.0 Å². The maximum atomic E-state index is 15.5. The number of carbonyl (C=O) groups is 1. The van der Waals surface area contributed by atoms with Crippen LogP contribution in [0.3, 0.4) is 0 Å². The molecule has 1 aromatic heterocycles. The van der Waals surface area contributed by atoms with Crippen molar-refractivity contribution >= 4 is 45.8 Å². The molecule has 2 aliphatic rings. The van der Waals surface area contributed by atoms with Gasteiger partial charge in [-0.25, -0.2) is 19.0 Å². The molecule has 16 heteroatoms. The molecule has 2 aliphatic heterocycles. The van der Waals surface area contributed by atoms with Crippen LogP contribution >= 0.6 is 0 Å². The van der Waals surface area contributed by atoms with Gasteiger partial charge in [0.15, 0.2) is 46.4 Å². The molecule has 54 heavy (non-hydrogen) atoms. The first-order chi connectivity index (χ1) is 26.0. The molecule has 0 aliphatic carbocycles. The van der Waals surface area contributed by atoms with Crippen LogP contribution in [0.4, 0.5) is 28.9 Å². The van der Waals surface area contributed by atoms with Gasteiger partial charge in [0.2, 0.25) is 5.82 Å². The number of aromatic nitrogens is 1. The molecule has 4 aromatic rings. The Morgan fingerprint density at radius 2 is 1.74 bits per heavy atom. The van der Waals surface area contributed by atoms with Gasteiger partial charge >= 0.3 is 6.18 Å². The van der Waals surface area contributed by atoms with Crippen LogP contribution in [0.2, 0.25) is 0 Å². The van der Waals surface area contributed by atoms with Gasteiger partial charge in [-0.2, -0.15) is 18.3 Å². The number of rotatable bonds is 11. The third-order valence-corrected chi connectivity index (χ3v) is 8.82. The number of benzene rings is 3. The summed E-state index contributed by atoms with van der Waals surface area (Å²) in [6.45, 7) is 3.65. The smallest absolute Gasteiger partial charge is 0.416 e. The molecule has 0 bridgehead atoms. The number of hydrazone groups is 1. The highest BCUT2D eigenvalue weighted by atomic mass is 19.4. The molecule has 6 rings (SSSR count). The third-order valence-electron chi connectivity index (χ3n) is 8.82. The van der Waals surface area contributed by atoms with E-state index in [-0.39, 0.29) is 22.9 Å². The maximum Gasteiger partial charge on any atom is 0.416 e. The number of anilines is 2. The number of piperidine rings is 1. The van der Waals surface area contributed by atoms with Crippen molar-refractivity contribution in [2.45, 2.75) is 31.9 Å². The first-order valence-corrected chi connectivity index (χ1v) is 16.9. The molecule has 0 radical (unpaired) electrons. The van der Waals surface area contributed by atoms with E-state index in [4.69, 9.17) is 14.2 Å². The van der Waals surface area contributed by atoms with Crippen LogP contribution in [0.1, 0.15) is 31.2 Å². The van der Waals surface area contributed by atoms with Crippen molar-refractivity contribution in [2.24, 2.45) is 5.10 Å². The summed E-state index contributed by atoms with van der Waals surface area (Å²) in [6.07, 6.45) is 1.34. The fraction of sp³-hybridized carbons (Fsp3) is 0.289. The number of methoxy groups -OCH3 is 1. The van der Waals surface area contributed by atoms with E-state index in [9.17, 15) is 27.6 Å². The molecular formula is C38H34F4N6O6. The number of fused-ring (bicyclic) bond motifs is 1. The number of hydrogen-bond acceptors (Lipinski definition) is 11. The second-order valence-electron chi connectivity index (χ2n) is 12.4. The Morgan fingerprint density at radius 1 is 0.944 bits per heavy atom. The van der Waals surface area contributed by atoms with Gasteiger partial charge in [-0.15, -0.1) is 0 Å². The number of pyridine rings is 1. The quantitative estimate of drug-likeness (QED) is 0.102. The Morgan fingerprint density at radius 3 is 2.44 bits per heavy atom. The Bertz CT molecular complexity index is 2190. The number of nitrogens with zero attached hydrogens (tertiary/aromatic N) is 5. The van der Waals surface area contributed by atoms with E-state index in [1.807, 2.05) is 0 Å². The lowest BCUT2D eigenvalue weighted by molar-refractivity contribution is -0.137. The van der Waals surface area contributed by atoms with Crippen LogP contribution in [0, 0.1) is 5.82 Å². The van der Waals surface area contributed by atoms with Crippen LogP contribution in [0.15, 0.2) is 83.5 Å². The van der Waals surface area contributed by atoms with E-state index in [1.165, 1.54) is 69.7 Å². The summed E-state index contributed by atoms with van der Waals surface area (Å²) in [6, 6.07) is 12.4. The number of nitrogens with one attached hydrogen (secondary N) is 1. The molecule has 0 saturated carbocycles. The van der Waals surface area contributed by atoms with E-state index >= 15 is 4.39 Å². The molecule has 3 heterocycles. The second-order valence-corrected chi connectivity index (χ2v) is 12.4. The number of ether oxygens (including phenoxy) is 3. The Balaban J connectivity index is 1.19. The topological polar surface area (TPSA) is 126 Å². The molecule has 0 spiro atoms. The fourth-order valence-electron chi connectivity index (χ4n) is 6.09. The van der Waals surface area contributed by atoms with Crippen molar-refractivity contribution in [1.82, 2.24) is 14.8 Å². The predicted molar refractivity (Wildman–Crippen MR) is 191 cm³/mol. The number of likely N-dealkylation sites (tertiary alicyclic amines) is 1. The summed E-state index contributed by atoms with van der Waals surface area (Å²) in [5, 5.41) is 7.66. The average molecular weight is 747 g/mol.